The van der Waals surface area contributed by atoms with E-state index in [4.69, 9.17) is 4.74 Å². The Hall–Kier alpha value is -5.80. The van der Waals surface area contributed by atoms with Crippen molar-refractivity contribution in [2.75, 3.05) is 6.54 Å². The molecule has 2 aromatic rings. The van der Waals surface area contributed by atoms with Crippen molar-refractivity contribution in [3.8, 4) is 0 Å². The third-order valence-electron chi connectivity index (χ3n) is 11.1. The second kappa shape index (κ2) is 22.2. The molecule has 0 saturated carbocycles. The van der Waals surface area contributed by atoms with E-state index < -0.39 is 113 Å². The molecule has 0 aliphatic carbocycles. The van der Waals surface area contributed by atoms with Gasteiger partial charge in [-0.3, -0.25) is 33.6 Å². The molecule has 0 radical (unpaired) electrons. The van der Waals surface area contributed by atoms with E-state index in [9.17, 15) is 38.4 Å². The van der Waals surface area contributed by atoms with Crippen LogP contribution in [0.2, 0.25) is 0 Å². The second-order valence-corrected chi connectivity index (χ2v) is 17.0. The zero-order valence-corrected chi connectivity index (χ0v) is 36.5. The minimum absolute atomic E-state index is 0.00310. The fourth-order valence-corrected chi connectivity index (χ4v) is 7.47. The van der Waals surface area contributed by atoms with E-state index in [0.29, 0.717) is 18.4 Å². The summed E-state index contributed by atoms with van der Waals surface area (Å²) in [5.74, 6) is -6.76. The molecule has 2 heterocycles. The molecule has 332 valence electrons. The lowest BCUT2D eigenvalue weighted by Gasteiger charge is -2.32. The largest absolute Gasteiger partial charge is 0.458 e. The van der Waals surface area contributed by atoms with Crippen molar-refractivity contribution < 1.29 is 43.1 Å². The number of esters is 1. The van der Waals surface area contributed by atoms with Crippen LogP contribution in [0.4, 0.5) is 0 Å². The van der Waals surface area contributed by atoms with E-state index >= 15 is 0 Å². The van der Waals surface area contributed by atoms with Crippen LogP contribution < -0.4 is 31.9 Å². The molecule has 8 atom stereocenters. The fraction of sp³-hybridized carbons (Fsp3) is 0.556. The minimum Gasteiger partial charge on any atom is -0.458 e. The van der Waals surface area contributed by atoms with E-state index in [2.05, 4.69) is 31.9 Å². The maximum Gasteiger partial charge on any atom is 0.329 e. The van der Waals surface area contributed by atoms with Gasteiger partial charge in [0, 0.05) is 13.0 Å². The highest BCUT2D eigenvalue weighted by molar-refractivity contribution is 5.98. The molecular formula is C45H63N7O9. The number of hydrogen-bond acceptors (Lipinski definition) is 9. The Morgan fingerprint density at radius 3 is 1.79 bits per heavy atom. The Labute approximate surface area is 358 Å². The van der Waals surface area contributed by atoms with Crippen LogP contribution in [0.1, 0.15) is 85.8 Å². The van der Waals surface area contributed by atoms with Crippen LogP contribution in [-0.2, 0) is 55.9 Å². The Kier molecular flexibility index (Phi) is 17.4. The highest BCUT2D eigenvalue weighted by Crippen LogP contribution is 2.21. The fourth-order valence-electron chi connectivity index (χ4n) is 7.47. The summed E-state index contributed by atoms with van der Waals surface area (Å²) in [5, 5.41) is 16.5. The van der Waals surface area contributed by atoms with Gasteiger partial charge >= 0.3 is 5.97 Å². The van der Waals surface area contributed by atoms with Crippen molar-refractivity contribution in [1.82, 2.24) is 36.8 Å². The molecule has 16 heteroatoms. The molecule has 61 heavy (non-hydrogen) atoms. The van der Waals surface area contributed by atoms with Crippen LogP contribution >= 0.6 is 0 Å². The first-order valence-electron chi connectivity index (χ1n) is 21.3. The molecule has 0 aromatic heterocycles. The van der Waals surface area contributed by atoms with Gasteiger partial charge in [0.05, 0.1) is 6.42 Å². The number of fused-ring (bicyclic) bond motifs is 1. The number of nitrogens with one attached hydrogen (secondary N) is 6. The molecule has 2 aromatic carbocycles. The summed E-state index contributed by atoms with van der Waals surface area (Å²) in [6.07, 6.45) is -0.449. The zero-order valence-electron chi connectivity index (χ0n) is 36.5. The van der Waals surface area contributed by atoms with E-state index in [1.807, 2.05) is 6.07 Å². The van der Waals surface area contributed by atoms with Crippen LogP contribution in [0, 0.1) is 17.8 Å². The normalized spacial score (nSPS) is 25.2. The van der Waals surface area contributed by atoms with Gasteiger partial charge in [0.15, 0.2) is 0 Å². The molecule has 6 N–H and O–H groups in total. The number of carbonyl (C=O) groups is 8. The highest BCUT2D eigenvalue weighted by Gasteiger charge is 2.42. The molecule has 7 amide bonds. The number of amides is 7. The first-order chi connectivity index (χ1) is 28.9. The van der Waals surface area contributed by atoms with Gasteiger partial charge < -0.3 is 41.5 Å². The van der Waals surface area contributed by atoms with E-state index in [-0.39, 0.29) is 25.8 Å². The second-order valence-electron chi connectivity index (χ2n) is 17.0. The van der Waals surface area contributed by atoms with Gasteiger partial charge in [-0.05, 0) is 55.1 Å². The van der Waals surface area contributed by atoms with Crippen LogP contribution in [0.3, 0.4) is 0 Å². The lowest BCUT2D eigenvalue weighted by atomic mass is 9.98. The standard InChI is InChI=1S/C45H63N7O9/c1-9-31(46-34(53)24-30-19-14-11-15-20-30)39(54)51-38-28(8)61-45(60)37(27(6)7)50-42(57)36(26(4)5)49-41(56)35(25(2)3)48-40(55)33-21-16-22-52(33)44(59)32(47-43(38)58)23-29-17-12-10-13-18-29/h10-15,17-20,25-28,31-33,35-38H,9,16,21-24H2,1-8H3,(H,46,53)(H,47,58)(H,48,55)(H,49,56)(H,50,57)(H,51,54)/t28-,31+,32+,33+,35+,36+,37?,38+/m1/s1. The van der Waals surface area contributed by atoms with Gasteiger partial charge in [0.25, 0.3) is 0 Å². The average molecular weight is 846 g/mol. The predicted molar refractivity (Wildman–Crippen MR) is 227 cm³/mol. The van der Waals surface area contributed by atoms with Gasteiger partial charge in [-0.1, -0.05) is 109 Å². The SMILES string of the molecule is CC[C@H](NC(=O)Cc1ccccc1)C(=O)N[C@@H]1C(=O)N[C@@H](Cc2ccccc2)C(=O)N2CCC[C@H]2C(=O)N[C@@H](C(C)C)C(=O)N[C@@H](C(C)C)C(=O)NC(C(C)C)C(=O)O[C@@H]1C. The molecule has 16 nitrogen and oxygen atoms in total. The van der Waals surface area contributed by atoms with Crippen LogP contribution in [-0.4, -0.2) is 107 Å². The number of cyclic esters (lactones) is 1. The van der Waals surface area contributed by atoms with Crippen molar-refractivity contribution in [3.63, 3.8) is 0 Å². The monoisotopic (exact) mass is 845 g/mol. The molecule has 2 saturated heterocycles. The first kappa shape index (κ1) is 47.9. The number of hydrogen-bond donors (Lipinski definition) is 6. The Balaban J connectivity index is 1.76. The topological polar surface area (TPSA) is 221 Å². The van der Waals surface area contributed by atoms with E-state index in [1.54, 1.807) is 103 Å². The number of benzene rings is 2. The summed E-state index contributed by atoms with van der Waals surface area (Å²) in [4.78, 5) is 113. The maximum atomic E-state index is 14.6. The lowest BCUT2D eigenvalue weighted by molar-refractivity contribution is -0.157. The summed E-state index contributed by atoms with van der Waals surface area (Å²) in [6, 6.07) is 9.54. The van der Waals surface area contributed by atoms with Crippen molar-refractivity contribution >= 4 is 47.3 Å². The van der Waals surface area contributed by atoms with Gasteiger partial charge in [-0.25, -0.2) is 4.79 Å². The zero-order chi connectivity index (χ0) is 45.0. The first-order valence-corrected chi connectivity index (χ1v) is 21.3. The Bertz CT molecular complexity index is 1870. The highest BCUT2D eigenvalue weighted by atomic mass is 16.5. The molecule has 0 spiro atoms. The number of nitrogens with zero attached hydrogens (tertiary/aromatic N) is 1. The van der Waals surface area contributed by atoms with Gasteiger partial charge in [0.1, 0.15) is 48.4 Å². The maximum absolute atomic E-state index is 14.6. The smallest absolute Gasteiger partial charge is 0.329 e. The van der Waals surface area contributed by atoms with Crippen LogP contribution in [0.5, 0.6) is 0 Å². The molecule has 2 fully saturated rings. The molecule has 1 unspecified atom stereocenters. The summed E-state index contributed by atoms with van der Waals surface area (Å²) in [7, 11) is 0. The van der Waals surface area contributed by atoms with E-state index in [1.165, 1.54) is 11.8 Å². The summed E-state index contributed by atoms with van der Waals surface area (Å²) in [6.45, 7) is 13.6. The van der Waals surface area contributed by atoms with Gasteiger partial charge in [-0.2, -0.15) is 0 Å². The van der Waals surface area contributed by atoms with Gasteiger partial charge in [-0.15, -0.1) is 0 Å². The lowest BCUT2D eigenvalue weighted by Crippen LogP contribution is -2.62. The predicted octanol–water partition coefficient (Wildman–Crippen LogP) is 1.69. The Morgan fingerprint density at radius 2 is 1.25 bits per heavy atom. The Morgan fingerprint density at radius 1 is 0.721 bits per heavy atom. The van der Waals surface area contributed by atoms with Crippen molar-refractivity contribution in [1.29, 1.82) is 0 Å². The molecular weight excluding hydrogens is 783 g/mol. The molecule has 0 bridgehead atoms. The minimum atomic E-state index is -1.60. The van der Waals surface area contributed by atoms with Gasteiger partial charge in [0.2, 0.25) is 41.4 Å². The van der Waals surface area contributed by atoms with Crippen molar-refractivity contribution in [3.05, 3.63) is 71.8 Å². The van der Waals surface area contributed by atoms with Crippen molar-refractivity contribution in [2.45, 2.75) is 136 Å². The molecule has 4 rings (SSSR count). The third-order valence-corrected chi connectivity index (χ3v) is 11.1. The average Bonchev–Trinajstić information content (AvgIpc) is 3.71. The van der Waals surface area contributed by atoms with Crippen molar-refractivity contribution in [2.24, 2.45) is 17.8 Å². The number of ether oxygens (including phenoxy) is 1. The third kappa shape index (κ3) is 13.1. The van der Waals surface area contributed by atoms with Crippen LogP contribution in [0.25, 0.3) is 0 Å². The quantitative estimate of drug-likeness (QED) is 0.181. The van der Waals surface area contributed by atoms with Crippen LogP contribution in [0.15, 0.2) is 60.7 Å². The summed E-state index contributed by atoms with van der Waals surface area (Å²) >= 11 is 0. The number of rotatable bonds is 11. The number of carbonyl (C=O) groups excluding carboxylic acids is 8. The molecule has 2 aliphatic heterocycles. The van der Waals surface area contributed by atoms with E-state index in [0.717, 1.165) is 5.56 Å². The molecule has 2 aliphatic rings. The summed E-state index contributed by atoms with van der Waals surface area (Å²) < 4.78 is 5.87. The summed E-state index contributed by atoms with van der Waals surface area (Å²) in [5.41, 5.74) is 1.42.